The van der Waals surface area contributed by atoms with Gasteiger partial charge in [0, 0.05) is 35.2 Å². The van der Waals surface area contributed by atoms with Crippen LogP contribution in [0.15, 0.2) is 42.5 Å². The third kappa shape index (κ3) is 5.68. The maximum Gasteiger partial charge on any atom is 0.123 e. The molecule has 0 aromatic heterocycles. The Balaban J connectivity index is 1.64. The normalized spacial score (nSPS) is 20.3. The Bertz CT molecular complexity index is 752. The van der Waals surface area contributed by atoms with Gasteiger partial charge in [-0.3, -0.25) is 4.90 Å². The van der Waals surface area contributed by atoms with Crippen molar-refractivity contribution in [2.75, 3.05) is 26.3 Å². The minimum Gasteiger partial charge on any atom is -0.381 e. The average Bonchev–Trinajstić information content (AvgIpc) is 3.05. The van der Waals surface area contributed by atoms with Crippen LogP contribution >= 0.6 is 23.2 Å². The highest BCUT2D eigenvalue weighted by atomic mass is 35.5. The van der Waals surface area contributed by atoms with Gasteiger partial charge >= 0.3 is 0 Å². The second-order valence-corrected chi connectivity index (χ2v) is 8.30. The highest BCUT2D eigenvalue weighted by molar-refractivity contribution is 6.35. The smallest absolute Gasteiger partial charge is 0.123 e. The Morgan fingerprint density at radius 2 is 1.93 bits per heavy atom. The van der Waals surface area contributed by atoms with Crippen LogP contribution in [0.1, 0.15) is 30.9 Å². The first-order valence-electron chi connectivity index (χ1n) is 9.48. The van der Waals surface area contributed by atoms with Gasteiger partial charge in [-0.15, -0.1) is 0 Å². The third-order valence-corrected chi connectivity index (χ3v) is 5.98. The van der Waals surface area contributed by atoms with E-state index in [1.165, 1.54) is 17.7 Å². The third-order valence-electron chi connectivity index (χ3n) is 5.40. The number of hydrogen-bond donors (Lipinski definition) is 0. The van der Waals surface area contributed by atoms with Gasteiger partial charge in [0.1, 0.15) is 5.82 Å². The molecule has 1 fully saturated rings. The van der Waals surface area contributed by atoms with Gasteiger partial charge in [-0.05, 0) is 68.1 Å². The molecule has 0 amide bonds. The minimum absolute atomic E-state index is 0.128. The highest BCUT2D eigenvalue weighted by Gasteiger charge is 2.38. The summed E-state index contributed by atoms with van der Waals surface area (Å²) < 4.78 is 19.0. The summed E-state index contributed by atoms with van der Waals surface area (Å²) in [5, 5.41) is 1.38. The molecule has 5 heteroatoms. The number of benzene rings is 2. The quantitative estimate of drug-likeness (QED) is 0.530. The summed E-state index contributed by atoms with van der Waals surface area (Å²) in [4.78, 5) is 2.44. The first-order valence-corrected chi connectivity index (χ1v) is 10.2. The number of hydrogen-bond acceptors (Lipinski definition) is 2. The Kier molecular flexibility index (Phi) is 7.16. The van der Waals surface area contributed by atoms with E-state index in [2.05, 4.69) is 4.90 Å². The number of rotatable bonds is 8. The lowest BCUT2D eigenvalue weighted by Gasteiger charge is -2.29. The van der Waals surface area contributed by atoms with Crippen molar-refractivity contribution < 1.29 is 9.13 Å². The lowest BCUT2D eigenvalue weighted by Crippen LogP contribution is -2.32. The second-order valence-electron chi connectivity index (χ2n) is 7.46. The van der Waals surface area contributed by atoms with Gasteiger partial charge in [0.15, 0.2) is 0 Å². The van der Waals surface area contributed by atoms with E-state index in [1.54, 1.807) is 6.07 Å². The molecule has 2 aromatic rings. The van der Waals surface area contributed by atoms with Gasteiger partial charge in [-0.2, -0.15) is 0 Å². The van der Waals surface area contributed by atoms with Gasteiger partial charge in [-0.1, -0.05) is 41.4 Å². The standard InChI is InChI=1S/C22H26Cl2FNO/c1-2-27-16-22(10-9-17-3-7-20(25)8-4-17)11-12-26(15-22)14-18-5-6-19(23)13-21(18)24/h3-8,13H,2,9-12,14-16H2,1H3. The van der Waals surface area contributed by atoms with E-state index in [0.29, 0.717) is 5.02 Å². The molecule has 146 valence electrons. The Labute approximate surface area is 171 Å². The van der Waals surface area contributed by atoms with Crippen LogP contribution in [0.5, 0.6) is 0 Å². The number of nitrogens with zero attached hydrogens (tertiary/aromatic N) is 1. The van der Waals surface area contributed by atoms with E-state index >= 15 is 0 Å². The summed E-state index contributed by atoms with van der Waals surface area (Å²) in [6.07, 6.45) is 3.06. The van der Waals surface area contributed by atoms with Crippen LogP contribution in [-0.2, 0) is 17.7 Å². The van der Waals surface area contributed by atoms with E-state index in [0.717, 1.165) is 62.7 Å². The van der Waals surface area contributed by atoms with Gasteiger partial charge in [0.2, 0.25) is 0 Å². The van der Waals surface area contributed by atoms with Crippen molar-refractivity contribution in [1.29, 1.82) is 0 Å². The van der Waals surface area contributed by atoms with Gasteiger partial charge in [0.25, 0.3) is 0 Å². The molecule has 27 heavy (non-hydrogen) atoms. The maximum absolute atomic E-state index is 13.1. The molecule has 0 spiro atoms. The zero-order valence-corrected chi connectivity index (χ0v) is 17.2. The molecule has 1 atom stereocenters. The number of halogens is 3. The molecule has 1 heterocycles. The summed E-state index contributed by atoms with van der Waals surface area (Å²) in [7, 11) is 0. The van der Waals surface area contributed by atoms with Crippen LogP contribution in [0.3, 0.4) is 0 Å². The van der Waals surface area contributed by atoms with Crippen LogP contribution in [0.2, 0.25) is 10.0 Å². The van der Waals surface area contributed by atoms with E-state index < -0.39 is 0 Å². The predicted molar refractivity (Wildman–Crippen MR) is 110 cm³/mol. The lowest BCUT2D eigenvalue weighted by molar-refractivity contribution is 0.0489. The predicted octanol–water partition coefficient (Wildman–Crippen LogP) is 5.99. The first kappa shape index (κ1) is 20.6. The highest BCUT2D eigenvalue weighted by Crippen LogP contribution is 2.37. The zero-order chi connectivity index (χ0) is 19.3. The molecule has 1 unspecified atom stereocenters. The molecule has 3 rings (SSSR count). The van der Waals surface area contributed by atoms with Crippen molar-refractivity contribution in [3.8, 4) is 0 Å². The van der Waals surface area contributed by atoms with Crippen LogP contribution in [0, 0.1) is 11.2 Å². The molecule has 1 aliphatic heterocycles. The molecule has 0 aliphatic carbocycles. The molecule has 1 saturated heterocycles. The van der Waals surface area contributed by atoms with E-state index in [9.17, 15) is 4.39 Å². The molecule has 0 radical (unpaired) electrons. The maximum atomic E-state index is 13.1. The zero-order valence-electron chi connectivity index (χ0n) is 15.7. The fraction of sp³-hybridized carbons (Fsp3) is 0.455. The molecule has 2 aromatic carbocycles. The SMILES string of the molecule is CCOCC1(CCc2ccc(F)cc2)CCN(Cc2ccc(Cl)cc2Cl)C1. The van der Waals surface area contributed by atoms with Crippen LogP contribution in [0.4, 0.5) is 4.39 Å². The number of likely N-dealkylation sites (tertiary alicyclic amines) is 1. The summed E-state index contributed by atoms with van der Waals surface area (Å²) in [5.74, 6) is -0.185. The summed E-state index contributed by atoms with van der Waals surface area (Å²) in [6.45, 7) is 6.34. The fourth-order valence-corrected chi connectivity index (χ4v) is 4.29. The van der Waals surface area contributed by atoms with Crippen molar-refractivity contribution in [3.05, 3.63) is 69.5 Å². The molecule has 0 saturated carbocycles. The van der Waals surface area contributed by atoms with Crippen molar-refractivity contribution in [2.24, 2.45) is 5.41 Å². The lowest BCUT2D eigenvalue weighted by atomic mass is 9.82. The Morgan fingerprint density at radius 3 is 2.63 bits per heavy atom. The van der Waals surface area contributed by atoms with Gasteiger partial charge in [0.05, 0.1) is 6.61 Å². The summed E-state index contributed by atoms with van der Waals surface area (Å²) in [6, 6.07) is 12.5. The van der Waals surface area contributed by atoms with Gasteiger partial charge in [-0.25, -0.2) is 4.39 Å². The van der Waals surface area contributed by atoms with Crippen LogP contribution in [0.25, 0.3) is 0 Å². The van der Waals surface area contributed by atoms with Crippen molar-refractivity contribution in [1.82, 2.24) is 4.90 Å². The molecule has 0 N–H and O–H groups in total. The fourth-order valence-electron chi connectivity index (χ4n) is 3.83. The second kappa shape index (κ2) is 9.38. The molecule has 0 bridgehead atoms. The molecule has 1 aliphatic rings. The molecular formula is C22H26Cl2FNO. The largest absolute Gasteiger partial charge is 0.381 e. The van der Waals surface area contributed by atoms with E-state index in [4.69, 9.17) is 27.9 Å². The topological polar surface area (TPSA) is 12.5 Å². The number of aryl methyl sites for hydroxylation is 1. The van der Waals surface area contributed by atoms with Crippen LogP contribution < -0.4 is 0 Å². The summed E-state index contributed by atoms with van der Waals surface area (Å²) >= 11 is 12.4. The van der Waals surface area contributed by atoms with Gasteiger partial charge < -0.3 is 4.74 Å². The Morgan fingerprint density at radius 1 is 1.15 bits per heavy atom. The first-order chi connectivity index (χ1) is 13.0. The van der Waals surface area contributed by atoms with Crippen LogP contribution in [-0.4, -0.2) is 31.2 Å². The minimum atomic E-state index is -0.185. The Hall–Kier alpha value is -1.13. The molecular weight excluding hydrogens is 384 g/mol. The number of ether oxygens (including phenoxy) is 1. The molecule has 2 nitrogen and oxygen atoms in total. The van der Waals surface area contributed by atoms with E-state index in [-0.39, 0.29) is 11.2 Å². The average molecular weight is 410 g/mol. The summed E-state index contributed by atoms with van der Waals surface area (Å²) in [5.41, 5.74) is 2.40. The van der Waals surface area contributed by atoms with Crippen molar-refractivity contribution >= 4 is 23.2 Å². The monoisotopic (exact) mass is 409 g/mol. The van der Waals surface area contributed by atoms with E-state index in [1.807, 2.05) is 31.2 Å². The van der Waals surface area contributed by atoms with Crippen molar-refractivity contribution in [3.63, 3.8) is 0 Å². The van der Waals surface area contributed by atoms with Crippen molar-refractivity contribution in [2.45, 2.75) is 32.7 Å².